The number of aromatic nitrogens is 3. The molecule has 0 bridgehead atoms. The highest BCUT2D eigenvalue weighted by Gasteiger charge is 2.52. The maximum atomic E-state index is 14.3. The SMILES string of the molecule is CC(C)(C)c1ccc2c(c1)-c1cc(C(C)(C)C)ccc1C21c2ccccc2-c2nc(-n3c4ccccc4c4ccc(-c5cccc(F)n5)cc43)ccc21. The highest BCUT2D eigenvalue weighted by Crippen LogP contribution is 2.63. The lowest BCUT2D eigenvalue weighted by Gasteiger charge is -2.31. The lowest BCUT2D eigenvalue weighted by Crippen LogP contribution is -2.26. The number of nitrogens with zero attached hydrogens (tertiary/aromatic N) is 3. The minimum atomic E-state index is -0.494. The minimum absolute atomic E-state index is 0.0153. The van der Waals surface area contributed by atoms with Gasteiger partial charge in [0, 0.05) is 21.9 Å². The third-order valence-electron chi connectivity index (χ3n) is 11.7. The Morgan fingerprint density at radius 1 is 0.509 bits per heavy atom. The van der Waals surface area contributed by atoms with Crippen molar-refractivity contribution in [2.24, 2.45) is 0 Å². The molecule has 3 nitrogen and oxygen atoms in total. The first-order valence-corrected chi connectivity index (χ1v) is 18.5. The van der Waals surface area contributed by atoms with E-state index in [1.54, 1.807) is 6.07 Å². The molecule has 0 unspecified atom stereocenters. The molecule has 3 aromatic heterocycles. The van der Waals surface area contributed by atoms with Crippen molar-refractivity contribution < 1.29 is 4.39 Å². The van der Waals surface area contributed by atoms with E-state index in [1.165, 1.54) is 50.6 Å². The van der Waals surface area contributed by atoms with Crippen molar-refractivity contribution in [3.05, 3.63) is 173 Å². The Bertz CT molecular complexity index is 2760. The summed E-state index contributed by atoms with van der Waals surface area (Å²) in [7, 11) is 0. The molecule has 2 aliphatic carbocycles. The molecule has 2 aliphatic rings. The lowest BCUT2D eigenvalue weighted by molar-refractivity contribution is 0.585. The van der Waals surface area contributed by atoms with Crippen molar-refractivity contribution in [1.29, 1.82) is 0 Å². The fourth-order valence-corrected chi connectivity index (χ4v) is 9.04. The molecule has 0 aliphatic heterocycles. The zero-order valence-electron chi connectivity index (χ0n) is 30.9. The number of benzene rings is 5. The van der Waals surface area contributed by atoms with Crippen molar-refractivity contribution in [3.8, 4) is 39.5 Å². The molecule has 0 fully saturated rings. The summed E-state index contributed by atoms with van der Waals surface area (Å²) in [5, 5.41) is 2.26. The molecule has 3 heterocycles. The first-order chi connectivity index (χ1) is 25.4. The van der Waals surface area contributed by atoms with E-state index in [4.69, 9.17) is 4.98 Å². The quantitative estimate of drug-likeness (QED) is 0.169. The monoisotopic (exact) mass is 689 g/mol. The van der Waals surface area contributed by atoms with Crippen molar-refractivity contribution in [1.82, 2.24) is 14.5 Å². The molecule has 1 spiro atoms. The van der Waals surface area contributed by atoms with Crippen LogP contribution in [0.3, 0.4) is 0 Å². The predicted octanol–water partition coefficient (Wildman–Crippen LogP) is 12.3. The van der Waals surface area contributed by atoms with Gasteiger partial charge in [-0.3, -0.25) is 4.57 Å². The molecule has 10 rings (SSSR count). The average molecular weight is 690 g/mol. The molecule has 0 saturated heterocycles. The van der Waals surface area contributed by atoms with Gasteiger partial charge in [-0.05, 0) is 85.7 Å². The average Bonchev–Trinajstić information content (AvgIpc) is 3.74. The van der Waals surface area contributed by atoms with Gasteiger partial charge in [-0.2, -0.15) is 4.39 Å². The second-order valence-corrected chi connectivity index (χ2v) is 16.8. The highest BCUT2D eigenvalue weighted by atomic mass is 19.1. The van der Waals surface area contributed by atoms with Gasteiger partial charge in [-0.15, -0.1) is 0 Å². The second kappa shape index (κ2) is 10.8. The Kier molecular flexibility index (Phi) is 6.51. The first kappa shape index (κ1) is 31.8. The largest absolute Gasteiger partial charge is 0.294 e. The Morgan fingerprint density at radius 2 is 1.13 bits per heavy atom. The summed E-state index contributed by atoms with van der Waals surface area (Å²) in [6.45, 7) is 13.8. The first-order valence-electron chi connectivity index (χ1n) is 18.5. The van der Waals surface area contributed by atoms with E-state index < -0.39 is 11.4 Å². The van der Waals surface area contributed by atoms with Gasteiger partial charge >= 0.3 is 0 Å². The molecule has 53 heavy (non-hydrogen) atoms. The van der Waals surface area contributed by atoms with Crippen LogP contribution in [0.15, 0.2) is 133 Å². The van der Waals surface area contributed by atoms with Crippen molar-refractivity contribution in [2.75, 3.05) is 0 Å². The number of pyridine rings is 2. The van der Waals surface area contributed by atoms with Gasteiger partial charge < -0.3 is 0 Å². The van der Waals surface area contributed by atoms with Crippen LogP contribution < -0.4 is 0 Å². The molecule has 0 N–H and O–H groups in total. The fraction of sp³-hybridized carbons (Fsp3) is 0.184. The van der Waals surface area contributed by atoms with E-state index in [9.17, 15) is 4.39 Å². The smallest absolute Gasteiger partial charge is 0.213 e. The van der Waals surface area contributed by atoms with Gasteiger partial charge in [0.05, 0.1) is 27.8 Å². The maximum absolute atomic E-state index is 14.3. The Labute approximate surface area is 309 Å². The van der Waals surface area contributed by atoms with Crippen LogP contribution in [-0.2, 0) is 16.2 Å². The lowest BCUT2D eigenvalue weighted by atomic mass is 9.70. The summed E-state index contributed by atoms with van der Waals surface area (Å²) in [6.07, 6.45) is 0. The van der Waals surface area contributed by atoms with Crippen LogP contribution in [0.4, 0.5) is 4.39 Å². The van der Waals surface area contributed by atoms with Crippen LogP contribution >= 0.6 is 0 Å². The molecule has 0 amide bonds. The number of hydrogen-bond acceptors (Lipinski definition) is 2. The molecule has 0 saturated carbocycles. The van der Waals surface area contributed by atoms with Crippen LogP contribution in [0.1, 0.15) is 74.9 Å². The van der Waals surface area contributed by atoms with E-state index in [0.717, 1.165) is 44.4 Å². The van der Waals surface area contributed by atoms with Gasteiger partial charge in [-0.1, -0.05) is 145 Å². The molecular weight excluding hydrogens is 650 g/mol. The van der Waals surface area contributed by atoms with Gasteiger partial charge in [0.25, 0.3) is 0 Å². The molecule has 0 atom stereocenters. The highest BCUT2D eigenvalue weighted by molar-refractivity contribution is 6.10. The predicted molar refractivity (Wildman–Crippen MR) is 215 cm³/mol. The van der Waals surface area contributed by atoms with Crippen LogP contribution in [0.25, 0.3) is 61.3 Å². The number of fused-ring (bicyclic) bond motifs is 13. The molecular formula is C49H40FN3. The Morgan fingerprint density at radius 3 is 1.83 bits per heavy atom. The molecule has 258 valence electrons. The van der Waals surface area contributed by atoms with E-state index in [0.29, 0.717) is 5.69 Å². The fourth-order valence-electron chi connectivity index (χ4n) is 9.04. The number of rotatable bonds is 2. The van der Waals surface area contributed by atoms with E-state index in [-0.39, 0.29) is 10.8 Å². The van der Waals surface area contributed by atoms with Crippen LogP contribution in [0.5, 0.6) is 0 Å². The number of hydrogen-bond donors (Lipinski definition) is 0. The molecule has 5 aromatic carbocycles. The van der Waals surface area contributed by atoms with E-state index >= 15 is 0 Å². The van der Waals surface area contributed by atoms with Gasteiger partial charge in [0.15, 0.2) is 0 Å². The van der Waals surface area contributed by atoms with Crippen molar-refractivity contribution >= 4 is 21.8 Å². The van der Waals surface area contributed by atoms with E-state index in [2.05, 4.69) is 160 Å². The summed E-state index contributed by atoms with van der Waals surface area (Å²) in [5.74, 6) is 0.353. The van der Waals surface area contributed by atoms with Crippen molar-refractivity contribution in [3.63, 3.8) is 0 Å². The van der Waals surface area contributed by atoms with E-state index in [1.807, 2.05) is 12.1 Å². The summed E-state index contributed by atoms with van der Waals surface area (Å²) in [4.78, 5) is 9.82. The normalized spacial score (nSPS) is 14.1. The van der Waals surface area contributed by atoms with Gasteiger partial charge in [-0.25, -0.2) is 9.97 Å². The Hall–Kier alpha value is -5.87. The zero-order valence-corrected chi connectivity index (χ0v) is 30.9. The van der Waals surface area contributed by atoms with Crippen LogP contribution in [0.2, 0.25) is 0 Å². The third-order valence-corrected chi connectivity index (χ3v) is 11.7. The summed E-state index contributed by atoms with van der Waals surface area (Å²) in [6, 6.07) is 47.4. The zero-order chi connectivity index (χ0) is 36.4. The number of para-hydroxylation sites is 1. The van der Waals surface area contributed by atoms with Crippen LogP contribution in [0, 0.1) is 5.95 Å². The Balaban J connectivity index is 1.25. The molecule has 8 aromatic rings. The second-order valence-electron chi connectivity index (χ2n) is 16.8. The molecule has 0 radical (unpaired) electrons. The summed E-state index contributed by atoms with van der Waals surface area (Å²) >= 11 is 0. The van der Waals surface area contributed by atoms with Crippen LogP contribution in [-0.4, -0.2) is 14.5 Å². The summed E-state index contributed by atoms with van der Waals surface area (Å²) < 4.78 is 16.5. The maximum Gasteiger partial charge on any atom is 0.213 e. The minimum Gasteiger partial charge on any atom is -0.294 e. The standard InChI is InChI=1S/C49H40FN3/c1-47(2,3)30-19-22-38-35(27-30)36-28-31(48(4,5)6)20-23-39(36)49(38)37-14-9-7-13-34(37)46-40(49)24-25-45(52-46)53-42-16-10-8-12-32(42)33-21-18-29(26-43(33)53)41-15-11-17-44(50)51-41/h7-28H,1-6H3. The third kappa shape index (κ3) is 4.45. The summed E-state index contributed by atoms with van der Waals surface area (Å²) in [5.41, 5.74) is 15.6. The van der Waals surface area contributed by atoms with Gasteiger partial charge in [0.1, 0.15) is 5.82 Å². The number of halogens is 1. The topological polar surface area (TPSA) is 30.7 Å². The molecule has 4 heteroatoms. The van der Waals surface area contributed by atoms with Gasteiger partial charge in [0.2, 0.25) is 5.95 Å². The van der Waals surface area contributed by atoms with Crippen molar-refractivity contribution in [2.45, 2.75) is 57.8 Å².